The molecule has 2 heterocycles. The number of carboxylic acids is 2. The van der Waals surface area contributed by atoms with Crippen molar-refractivity contribution in [3.05, 3.63) is 76.1 Å². The molecule has 0 saturated carbocycles. The lowest BCUT2D eigenvalue weighted by molar-refractivity contribution is -0.139. The van der Waals surface area contributed by atoms with Gasteiger partial charge < -0.3 is 20.3 Å². The lowest BCUT2D eigenvalue weighted by Crippen LogP contribution is -2.46. The van der Waals surface area contributed by atoms with E-state index in [9.17, 15) is 23.1 Å². The van der Waals surface area contributed by atoms with Crippen LogP contribution in [-0.2, 0) is 14.8 Å². The molecule has 1 saturated heterocycles. The van der Waals surface area contributed by atoms with Gasteiger partial charge in [0.25, 0.3) is 10.0 Å². The van der Waals surface area contributed by atoms with Gasteiger partial charge in [0.1, 0.15) is 0 Å². The smallest absolute Gasteiger partial charge is 0.349 e. The van der Waals surface area contributed by atoms with E-state index in [1.807, 2.05) is 24.3 Å². The third kappa shape index (κ3) is 5.57. The highest BCUT2D eigenvalue weighted by Crippen LogP contribution is 2.46. The number of anilines is 1. The first-order valence-corrected chi connectivity index (χ1v) is 15.5. The zero-order valence-corrected chi connectivity index (χ0v) is 24.3. The van der Waals surface area contributed by atoms with E-state index in [4.69, 9.17) is 9.84 Å². The molecule has 1 aromatic heterocycles. The number of carboxylic acid groups (broad SMARTS) is 2. The highest BCUT2D eigenvalue weighted by Gasteiger charge is 2.33. The van der Waals surface area contributed by atoms with Crippen LogP contribution < -0.4 is 14.4 Å². The Labute approximate surface area is 243 Å². The van der Waals surface area contributed by atoms with Crippen molar-refractivity contribution in [3.63, 3.8) is 0 Å². The number of carbonyl (C=O) groups is 2. The average Bonchev–Trinajstić information content (AvgIpc) is 3.28. The van der Waals surface area contributed by atoms with Crippen LogP contribution in [0.4, 0.5) is 5.69 Å². The number of nitrogens with one attached hydrogen (secondary N) is 1. The minimum atomic E-state index is -3.98. The SMILES string of the molecule is O=C(O)COc1c(C(=O)O)sc(-c2cccc(N(C3CCNCC3)S(=O)(=O)c3ccc4ccccc4c3)c2)c1Br. The number of thiophene rings is 1. The van der Waals surface area contributed by atoms with Gasteiger partial charge in [0.15, 0.2) is 17.2 Å². The van der Waals surface area contributed by atoms with E-state index >= 15 is 0 Å². The number of benzene rings is 3. The number of nitrogens with zero attached hydrogens (tertiary/aromatic N) is 1. The number of fused-ring (bicyclic) bond motifs is 1. The summed E-state index contributed by atoms with van der Waals surface area (Å²) < 4.78 is 35.5. The quantitative estimate of drug-likeness (QED) is 0.219. The van der Waals surface area contributed by atoms with Crippen molar-refractivity contribution in [1.29, 1.82) is 0 Å². The van der Waals surface area contributed by atoms with Crippen LogP contribution in [-0.4, -0.2) is 56.3 Å². The number of ether oxygens (including phenoxy) is 1. The predicted octanol–water partition coefficient (Wildman–Crippen LogP) is 5.44. The van der Waals surface area contributed by atoms with Crippen LogP contribution in [0.2, 0.25) is 0 Å². The van der Waals surface area contributed by atoms with E-state index in [0.717, 1.165) is 22.1 Å². The summed E-state index contributed by atoms with van der Waals surface area (Å²) >= 11 is 4.30. The molecule has 40 heavy (non-hydrogen) atoms. The Morgan fingerprint density at radius 2 is 1.73 bits per heavy atom. The highest BCUT2D eigenvalue weighted by molar-refractivity contribution is 9.10. The molecule has 0 bridgehead atoms. The molecule has 1 aliphatic heterocycles. The van der Waals surface area contributed by atoms with E-state index in [-0.39, 0.29) is 21.6 Å². The van der Waals surface area contributed by atoms with Crippen molar-refractivity contribution < 1.29 is 33.0 Å². The summed E-state index contributed by atoms with van der Waals surface area (Å²) in [7, 11) is -3.98. The van der Waals surface area contributed by atoms with Gasteiger partial charge in [-0.3, -0.25) is 4.31 Å². The van der Waals surface area contributed by atoms with Crippen LogP contribution >= 0.6 is 27.3 Å². The Morgan fingerprint density at radius 1 is 1.00 bits per heavy atom. The molecule has 0 atom stereocenters. The van der Waals surface area contributed by atoms with E-state index in [1.165, 1.54) is 4.31 Å². The molecule has 4 aromatic rings. The molecule has 0 radical (unpaired) electrons. The van der Waals surface area contributed by atoms with Gasteiger partial charge in [0, 0.05) is 6.04 Å². The van der Waals surface area contributed by atoms with E-state index in [0.29, 0.717) is 46.5 Å². The first-order valence-electron chi connectivity index (χ1n) is 12.4. The molecule has 0 unspecified atom stereocenters. The summed E-state index contributed by atoms with van der Waals surface area (Å²) in [5.74, 6) is -2.59. The highest BCUT2D eigenvalue weighted by atomic mass is 79.9. The number of hydrogen-bond acceptors (Lipinski definition) is 7. The van der Waals surface area contributed by atoms with Gasteiger partial charge in [0.2, 0.25) is 0 Å². The van der Waals surface area contributed by atoms with Crippen molar-refractivity contribution in [2.45, 2.75) is 23.8 Å². The Balaban J connectivity index is 1.61. The summed E-state index contributed by atoms with van der Waals surface area (Å²) in [6.07, 6.45) is 1.24. The molecule has 208 valence electrons. The molecule has 9 nitrogen and oxygen atoms in total. The third-order valence-electron chi connectivity index (χ3n) is 6.62. The van der Waals surface area contributed by atoms with Crippen LogP contribution in [0, 0.1) is 0 Å². The van der Waals surface area contributed by atoms with Crippen LogP contribution in [0.5, 0.6) is 5.75 Å². The summed E-state index contributed by atoms with van der Waals surface area (Å²) in [5, 5.41) is 23.8. The van der Waals surface area contributed by atoms with Crippen LogP contribution in [0.25, 0.3) is 21.2 Å². The van der Waals surface area contributed by atoms with Crippen molar-refractivity contribution in [2.75, 3.05) is 24.0 Å². The maximum absolute atomic E-state index is 14.2. The second kappa shape index (κ2) is 11.6. The Bertz CT molecular complexity index is 1700. The van der Waals surface area contributed by atoms with E-state index in [2.05, 4.69) is 21.2 Å². The molecule has 0 amide bonds. The molecule has 0 aliphatic carbocycles. The van der Waals surface area contributed by atoms with Crippen LogP contribution in [0.1, 0.15) is 22.5 Å². The number of aliphatic carboxylic acids is 1. The molecule has 3 N–H and O–H groups in total. The Morgan fingerprint density at radius 3 is 2.42 bits per heavy atom. The van der Waals surface area contributed by atoms with Crippen molar-refractivity contribution in [1.82, 2.24) is 5.32 Å². The van der Waals surface area contributed by atoms with Crippen molar-refractivity contribution >= 4 is 65.7 Å². The number of hydrogen-bond donors (Lipinski definition) is 3. The van der Waals surface area contributed by atoms with Gasteiger partial charge in [-0.15, -0.1) is 11.3 Å². The fourth-order valence-electron chi connectivity index (χ4n) is 4.80. The van der Waals surface area contributed by atoms with E-state index < -0.39 is 28.6 Å². The summed E-state index contributed by atoms with van der Waals surface area (Å²) in [6, 6.07) is 19.3. The zero-order chi connectivity index (χ0) is 28.4. The lowest BCUT2D eigenvalue weighted by Gasteiger charge is -2.35. The summed E-state index contributed by atoms with van der Waals surface area (Å²) in [5.41, 5.74) is 1.01. The van der Waals surface area contributed by atoms with E-state index in [1.54, 1.807) is 42.5 Å². The molecule has 12 heteroatoms. The lowest BCUT2D eigenvalue weighted by atomic mass is 10.1. The fraction of sp³-hybridized carbons (Fsp3) is 0.214. The first-order chi connectivity index (χ1) is 19.2. The molecule has 0 spiro atoms. The number of rotatable bonds is 9. The van der Waals surface area contributed by atoms with Crippen LogP contribution in [0.3, 0.4) is 0 Å². The number of piperidine rings is 1. The van der Waals surface area contributed by atoms with Gasteiger partial charge in [-0.1, -0.05) is 42.5 Å². The standard InChI is InChI=1S/C28H25BrN2O7S2/c29-24-25(38-16-23(32)33)27(28(34)35)39-26(24)19-6-3-7-21(14-19)31(20-10-12-30-13-11-20)40(36,37)22-9-8-17-4-1-2-5-18(17)15-22/h1-9,14-15,20,30H,10-13,16H2,(H,32,33)(H,34,35). The normalized spacial score (nSPS) is 14.2. The topological polar surface area (TPSA) is 133 Å². The zero-order valence-electron chi connectivity index (χ0n) is 21.0. The average molecular weight is 646 g/mol. The number of halogens is 1. The molecular weight excluding hydrogens is 620 g/mol. The van der Waals surface area contributed by atoms with Gasteiger partial charge in [-0.2, -0.15) is 0 Å². The second-order valence-electron chi connectivity index (χ2n) is 9.23. The molecule has 1 aliphatic rings. The molecule has 5 rings (SSSR count). The molecule has 1 fully saturated rings. The maximum atomic E-state index is 14.2. The fourth-order valence-corrected chi connectivity index (χ4v) is 8.42. The van der Waals surface area contributed by atoms with Gasteiger partial charge >= 0.3 is 11.9 Å². The largest absolute Gasteiger partial charge is 0.479 e. The maximum Gasteiger partial charge on any atom is 0.349 e. The second-order valence-corrected chi connectivity index (χ2v) is 12.9. The minimum absolute atomic E-state index is 0.0840. The Hall–Kier alpha value is -3.45. The number of sulfonamides is 1. The summed E-state index contributed by atoms with van der Waals surface area (Å²) in [4.78, 5) is 23.4. The monoisotopic (exact) mass is 644 g/mol. The van der Waals surface area contributed by atoms with Crippen molar-refractivity contribution in [3.8, 4) is 16.2 Å². The van der Waals surface area contributed by atoms with Gasteiger partial charge in [-0.25, -0.2) is 18.0 Å². The molecule has 3 aromatic carbocycles. The first kappa shape index (κ1) is 28.1. The van der Waals surface area contributed by atoms with Gasteiger partial charge in [-0.05, 0) is 82.5 Å². The predicted molar refractivity (Wildman–Crippen MR) is 157 cm³/mol. The minimum Gasteiger partial charge on any atom is -0.479 e. The van der Waals surface area contributed by atoms with Crippen LogP contribution in [0.15, 0.2) is 76.1 Å². The number of aromatic carboxylic acids is 1. The molecular formula is C28H25BrN2O7S2. The van der Waals surface area contributed by atoms with Crippen molar-refractivity contribution in [2.24, 2.45) is 0 Å². The third-order valence-corrected chi connectivity index (χ3v) is 10.7. The van der Waals surface area contributed by atoms with Gasteiger partial charge in [0.05, 0.1) is 19.9 Å². The summed E-state index contributed by atoms with van der Waals surface area (Å²) in [6.45, 7) is 0.649. The Kier molecular flexibility index (Phi) is 8.13.